The van der Waals surface area contributed by atoms with E-state index >= 15 is 0 Å². The highest BCUT2D eigenvalue weighted by Gasteiger charge is 2.26. The molecule has 1 saturated heterocycles. The average molecular weight is 375 g/mol. The van der Waals surface area contributed by atoms with Gasteiger partial charge in [0.1, 0.15) is 17.5 Å². The minimum absolute atomic E-state index is 0.0210. The summed E-state index contributed by atoms with van der Waals surface area (Å²) in [5.41, 5.74) is 1.77. The SMILES string of the molecule is O=C(c1ccc(F)cc1)C1CCN(c2ccnc(Cc3ccccc3)n2)CC1. The predicted octanol–water partition coefficient (Wildman–Crippen LogP) is 4.31. The number of piperidine rings is 1. The molecule has 0 saturated carbocycles. The first-order valence-electron chi connectivity index (χ1n) is 9.59. The molecule has 0 radical (unpaired) electrons. The van der Waals surface area contributed by atoms with Crippen LogP contribution in [0.5, 0.6) is 0 Å². The van der Waals surface area contributed by atoms with Crippen molar-refractivity contribution in [2.24, 2.45) is 5.92 Å². The maximum absolute atomic E-state index is 13.1. The van der Waals surface area contributed by atoms with Gasteiger partial charge in [-0.05, 0) is 48.7 Å². The van der Waals surface area contributed by atoms with E-state index in [2.05, 4.69) is 22.0 Å². The summed E-state index contributed by atoms with van der Waals surface area (Å²) < 4.78 is 13.1. The van der Waals surface area contributed by atoms with Crippen LogP contribution in [0.1, 0.15) is 34.6 Å². The number of ketones is 1. The topological polar surface area (TPSA) is 46.1 Å². The van der Waals surface area contributed by atoms with E-state index in [9.17, 15) is 9.18 Å². The Labute approximate surface area is 164 Å². The quantitative estimate of drug-likeness (QED) is 0.624. The molecule has 4 rings (SSSR count). The summed E-state index contributed by atoms with van der Waals surface area (Å²) >= 11 is 0. The highest BCUT2D eigenvalue weighted by Crippen LogP contribution is 2.25. The van der Waals surface area contributed by atoms with Gasteiger partial charge in [0.15, 0.2) is 5.78 Å². The van der Waals surface area contributed by atoms with Crippen LogP contribution in [-0.4, -0.2) is 28.8 Å². The van der Waals surface area contributed by atoms with Crippen molar-refractivity contribution in [3.8, 4) is 0 Å². The lowest BCUT2D eigenvalue weighted by Gasteiger charge is -2.32. The largest absolute Gasteiger partial charge is 0.356 e. The number of benzene rings is 2. The average Bonchev–Trinajstić information content (AvgIpc) is 2.75. The van der Waals surface area contributed by atoms with E-state index in [1.54, 1.807) is 18.3 Å². The van der Waals surface area contributed by atoms with Crippen LogP contribution >= 0.6 is 0 Å². The fourth-order valence-electron chi connectivity index (χ4n) is 3.65. The van der Waals surface area contributed by atoms with Gasteiger partial charge in [-0.1, -0.05) is 30.3 Å². The molecule has 28 heavy (non-hydrogen) atoms. The second kappa shape index (κ2) is 8.30. The van der Waals surface area contributed by atoms with Crippen LogP contribution in [0.4, 0.5) is 10.2 Å². The lowest BCUT2D eigenvalue weighted by atomic mass is 9.89. The lowest BCUT2D eigenvalue weighted by Crippen LogP contribution is -2.37. The molecule has 0 bridgehead atoms. The maximum atomic E-state index is 13.1. The van der Waals surface area contributed by atoms with Gasteiger partial charge in [-0.25, -0.2) is 14.4 Å². The zero-order valence-corrected chi connectivity index (χ0v) is 15.6. The van der Waals surface area contributed by atoms with Gasteiger partial charge in [0, 0.05) is 37.2 Å². The molecular formula is C23H22FN3O. The molecule has 0 aliphatic carbocycles. The van der Waals surface area contributed by atoms with Gasteiger partial charge >= 0.3 is 0 Å². The molecule has 0 N–H and O–H groups in total. The van der Waals surface area contributed by atoms with E-state index < -0.39 is 0 Å². The first kappa shape index (κ1) is 18.3. The van der Waals surface area contributed by atoms with Crippen molar-refractivity contribution >= 4 is 11.6 Å². The van der Waals surface area contributed by atoms with Crippen LogP contribution in [0.15, 0.2) is 66.9 Å². The van der Waals surface area contributed by atoms with Crippen molar-refractivity contribution in [3.63, 3.8) is 0 Å². The molecule has 4 nitrogen and oxygen atoms in total. The van der Waals surface area contributed by atoms with Crippen LogP contribution in [0.3, 0.4) is 0 Å². The first-order valence-corrected chi connectivity index (χ1v) is 9.59. The number of rotatable bonds is 5. The maximum Gasteiger partial charge on any atom is 0.166 e. The van der Waals surface area contributed by atoms with E-state index in [-0.39, 0.29) is 17.5 Å². The van der Waals surface area contributed by atoms with Gasteiger partial charge in [-0.2, -0.15) is 0 Å². The molecule has 1 aromatic heterocycles. The third kappa shape index (κ3) is 4.25. The molecule has 1 aliphatic heterocycles. The van der Waals surface area contributed by atoms with Gasteiger partial charge in [-0.3, -0.25) is 4.79 Å². The van der Waals surface area contributed by atoms with Crippen molar-refractivity contribution < 1.29 is 9.18 Å². The van der Waals surface area contributed by atoms with E-state index in [1.165, 1.54) is 17.7 Å². The number of hydrogen-bond acceptors (Lipinski definition) is 4. The Bertz CT molecular complexity index is 936. The summed E-state index contributed by atoms with van der Waals surface area (Å²) in [5, 5.41) is 0. The van der Waals surface area contributed by atoms with Crippen LogP contribution < -0.4 is 4.90 Å². The van der Waals surface area contributed by atoms with Crippen LogP contribution in [0, 0.1) is 11.7 Å². The summed E-state index contributed by atoms with van der Waals surface area (Å²) in [7, 11) is 0. The summed E-state index contributed by atoms with van der Waals surface area (Å²) in [4.78, 5) is 24.0. The Morgan fingerprint density at radius 2 is 1.71 bits per heavy atom. The summed E-state index contributed by atoms with van der Waals surface area (Å²) in [6, 6.07) is 17.9. The smallest absolute Gasteiger partial charge is 0.166 e. The Hall–Kier alpha value is -3.08. The van der Waals surface area contributed by atoms with E-state index in [0.717, 1.165) is 37.6 Å². The molecule has 0 unspecified atom stereocenters. The second-order valence-corrected chi connectivity index (χ2v) is 7.13. The normalized spacial score (nSPS) is 14.8. The summed E-state index contributed by atoms with van der Waals surface area (Å²) in [5.74, 6) is 1.47. The minimum atomic E-state index is -0.318. The Morgan fingerprint density at radius 1 is 1.00 bits per heavy atom. The fourth-order valence-corrected chi connectivity index (χ4v) is 3.65. The number of nitrogens with zero attached hydrogens (tertiary/aromatic N) is 3. The standard InChI is InChI=1S/C23H22FN3O/c24-20-8-6-18(7-9-20)23(28)19-11-14-27(15-12-19)22-10-13-25-21(26-22)16-17-4-2-1-3-5-17/h1-10,13,19H,11-12,14-16H2. The van der Waals surface area contributed by atoms with Crippen LogP contribution in [-0.2, 0) is 6.42 Å². The predicted molar refractivity (Wildman–Crippen MR) is 107 cm³/mol. The molecule has 0 spiro atoms. The van der Waals surface area contributed by atoms with Crippen molar-refractivity contribution in [2.45, 2.75) is 19.3 Å². The summed E-state index contributed by atoms with van der Waals surface area (Å²) in [6.07, 6.45) is 4.05. The minimum Gasteiger partial charge on any atom is -0.356 e. The number of anilines is 1. The van der Waals surface area contributed by atoms with Crippen LogP contribution in [0.2, 0.25) is 0 Å². The molecule has 1 aliphatic rings. The van der Waals surface area contributed by atoms with E-state index in [4.69, 9.17) is 4.98 Å². The van der Waals surface area contributed by atoms with Gasteiger partial charge in [0.25, 0.3) is 0 Å². The number of carbonyl (C=O) groups excluding carboxylic acids is 1. The number of hydrogen-bond donors (Lipinski definition) is 0. The van der Waals surface area contributed by atoms with Gasteiger partial charge in [-0.15, -0.1) is 0 Å². The molecule has 2 heterocycles. The first-order chi connectivity index (χ1) is 13.7. The van der Waals surface area contributed by atoms with Gasteiger partial charge in [0.2, 0.25) is 0 Å². The number of aromatic nitrogens is 2. The highest BCUT2D eigenvalue weighted by atomic mass is 19.1. The molecule has 142 valence electrons. The van der Waals surface area contributed by atoms with E-state index in [1.807, 2.05) is 24.3 Å². The summed E-state index contributed by atoms with van der Waals surface area (Å²) in [6.45, 7) is 1.55. The highest BCUT2D eigenvalue weighted by molar-refractivity contribution is 5.97. The zero-order valence-electron chi connectivity index (χ0n) is 15.6. The zero-order chi connectivity index (χ0) is 19.3. The molecule has 1 fully saturated rings. The Kier molecular flexibility index (Phi) is 5.42. The van der Waals surface area contributed by atoms with Crippen molar-refractivity contribution in [1.82, 2.24) is 9.97 Å². The third-order valence-corrected chi connectivity index (χ3v) is 5.21. The lowest BCUT2D eigenvalue weighted by molar-refractivity contribution is 0.0900. The third-order valence-electron chi connectivity index (χ3n) is 5.21. The molecular weight excluding hydrogens is 353 g/mol. The number of Topliss-reactive ketones (excluding diaryl/α,β-unsaturated/α-hetero) is 1. The molecule has 0 atom stereocenters. The van der Waals surface area contributed by atoms with E-state index in [0.29, 0.717) is 12.0 Å². The number of halogens is 1. The molecule has 2 aromatic carbocycles. The van der Waals surface area contributed by atoms with Gasteiger partial charge in [0.05, 0.1) is 0 Å². The fraction of sp³-hybridized carbons (Fsp3) is 0.261. The van der Waals surface area contributed by atoms with Crippen LogP contribution in [0.25, 0.3) is 0 Å². The Morgan fingerprint density at radius 3 is 2.43 bits per heavy atom. The number of carbonyl (C=O) groups is 1. The second-order valence-electron chi connectivity index (χ2n) is 7.13. The van der Waals surface area contributed by atoms with Crippen molar-refractivity contribution in [1.29, 1.82) is 0 Å². The molecule has 0 amide bonds. The van der Waals surface area contributed by atoms with Crippen molar-refractivity contribution in [2.75, 3.05) is 18.0 Å². The van der Waals surface area contributed by atoms with Gasteiger partial charge < -0.3 is 4.90 Å². The Balaban J connectivity index is 1.39. The molecule has 5 heteroatoms. The molecule has 3 aromatic rings. The monoisotopic (exact) mass is 375 g/mol. The van der Waals surface area contributed by atoms with Crippen molar-refractivity contribution in [3.05, 3.63) is 89.6 Å².